The van der Waals surface area contributed by atoms with E-state index in [1.807, 2.05) is 13.8 Å². The minimum Gasteiger partial charge on any atom is -0.460 e. The van der Waals surface area contributed by atoms with E-state index in [-0.39, 0.29) is 19.2 Å². The maximum Gasteiger partial charge on any atom is 0.364 e. The van der Waals surface area contributed by atoms with Crippen LogP contribution in [0.4, 0.5) is 4.79 Å². The lowest BCUT2D eigenvalue weighted by atomic mass is 9.88. The molecule has 0 aliphatic rings. The highest BCUT2D eigenvalue weighted by molar-refractivity contribution is 7.96. The van der Waals surface area contributed by atoms with Crippen molar-refractivity contribution in [2.75, 3.05) is 19.8 Å². The lowest BCUT2D eigenvalue weighted by molar-refractivity contribution is -0.151. The summed E-state index contributed by atoms with van der Waals surface area (Å²) < 4.78 is 9.95. The van der Waals surface area contributed by atoms with E-state index in [0.717, 1.165) is 12.8 Å². The molecule has 0 heterocycles. The molecule has 6 heteroatoms. The van der Waals surface area contributed by atoms with Gasteiger partial charge in [-0.25, -0.2) is 4.79 Å². The lowest BCUT2D eigenvalue weighted by Crippen LogP contribution is -2.54. The van der Waals surface area contributed by atoms with E-state index < -0.39 is 10.8 Å². The molecule has 0 atom stereocenters. The van der Waals surface area contributed by atoms with Crippen LogP contribution in [0.25, 0.3) is 0 Å². The average molecular weight is 303 g/mol. The summed E-state index contributed by atoms with van der Waals surface area (Å²) >= 11 is 3.52. The van der Waals surface area contributed by atoms with Gasteiger partial charge in [-0.2, -0.15) is 0 Å². The predicted molar refractivity (Wildman–Crippen MR) is 82.0 cm³/mol. The lowest BCUT2D eigenvalue weighted by Gasteiger charge is -2.32. The first-order valence-corrected chi connectivity index (χ1v) is 7.36. The molecule has 20 heavy (non-hydrogen) atoms. The molecule has 116 valence electrons. The SMILES string of the molecule is C=CCOC(=O)C(CCC)(CCC)NCCOC(=O)S. The first-order valence-electron chi connectivity index (χ1n) is 6.91. The van der Waals surface area contributed by atoms with Crippen LogP contribution in [-0.2, 0) is 14.3 Å². The first kappa shape index (κ1) is 19.0. The molecule has 0 bridgehead atoms. The summed E-state index contributed by atoms with van der Waals surface area (Å²) in [5.41, 5.74) is -0.727. The van der Waals surface area contributed by atoms with E-state index in [2.05, 4.69) is 24.5 Å². The second-order valence-electron chi connectivity index (χ2n) is 4.51. The van der Waals surface area contributed by atoms with Gasteiger partial charge < -0.3 is 9.47 Å². The number of hydrogen-bond acceptors (Lipinski definition) is 5. The van der Waals surface area contributed by atoms with Crippen LogP contribution in [0.3, 0.4) is 0 Å². The van der Waals surface area contributed by atoms with Gasteiger partial charge in [0.15, 0.2) is 0 Å². The maximum absolute atomic E-state index is 12.3. The number of ether oxygens (including phenoxy) is 2. The topological polar surface area (TPSA) is 64.6 Å². The second-order valence-corrected chi connectivity index (χ2v) is 4.88. The van der Waals surface area contributed by atoms with Crippen molar-refractivity contribution in [1.82, 2.24) is 5.32 Å². The third-order valence-electron chi connectivity index (χ3n) is 2.87. The fourth-order valence-electron chi connectivity index (χ4n) is 2.13. The Bertz CT molecular complexity index is 314. The number of hydrogen-bond donors (Lipinski definition) is 2. The van der Waals surface area contributed by atoms with Gasteiger partial charge in [0.1, 0.15) is 18.8 Å². The minimum atomic E-state index is -0.727. The largest absolute Gasteiger partial charge is 0.460 e. The maximum atomic E-state index is 12.3. The summed E-state index contributed by atoms with van der Waals surface area (Å²) in [7, 11) is 0. The van der Waals surface area contributed by atoms with Crippen molar-refractivity contribution in [3.8, 4) is 0 Å². The highest BCUT2D eigenvalue weighted by atomic mass is 32.1. The van der Waals surface area contributed by atoms with Crippen molar-refractivity contribution in [3.05, 3.63) is 12.7 Å². The van der Waals surface area contributed by atoms with E-state index >= 15 is 0 Å². The molecule has 0 aliphatic heterocycles. The van der Waals surface area contributed by atoms with E-state index in [4.69, 9.17) is 9.47 Å². The molecule has 1 N–H and O–H groups in total. The summed E-state index contributed by atoms with van der Waals surface area (Å²) in [6.45, 7) is 8.32. The Labute approximate surface area is 126 Å². The number of carbonyl (C=O) groups excluding carboxylic acids is 2. The van der Waals surface area contributed by atoms with E-state index in [0.29, 0.717) is 19.4 Å². The van der Waals surface area contributed by atoms with Crippen LogP contribution in [0.15, 0.2) is 12.7 Å². The fourth-order valence-corrected chi connectivity index (χ4v) is 2.22. The zero-order chi connectivity index (χ0) is 15.4. The van der Waals surface area contributed by atoms with Gasteiger partial charge >= 0.3 is 11.3 Å². The standard InChI is InChI=1S/C14H25NO4S/c1-4-7-14(8-5-2,12(16)18-10-6-3)15-9-11-19-13(17)20/h6,15H,3-5,7-11H2,1-2H3,(H,17,20). The summed E-state index contributed by atoms with van der Waals surface area (Å²) in [5.74, 6) is -0.279. The fraction of sp³-hybridized carbons (Fsp3) is 0.714. The molecule has 0 radical (unpaired) electrons. The van der Waals surface area contributed by atoms with Gasteiger partial charge in [-0.3, -0.25) is 10.1 Å². The van der Waals surface area contributed by atoms with Crippen LogP contribution in [0.2, 0.25) is 0 Å². The molecule has 0 saturated heterocycles. The zero-order valence-electron chi connectivity index (χ0n) is 12.3. The average Bonchev–Trinajstić information content (AvgIpc) is 2.41. The Morgan fingerprint density at radius 3 is 2.30 bits per heavy atom. The monoisotopic (exact) mass is 303 g/mol. The summed E-state index contributed by atoms with van der Waals surface area (Å²) in [4.78, 5) is 22.9. The zero-order valence-corrected chi connectivity index (χ0v) is 13.2. The third-order valence-corrected chi connectivity index (χ3v) is 3.00. The molecule has 0 aromatic rings. The minimum absolute atomic E-state index is 0.173. The molecule has 0 aromatic carbocycles. The smallest absolute Gasteiger partial charge is 0.364 e. The van der Waals surface area contributed by atoms with Crippen molar-refractivity contribution in [1.29, 1.82) is 0 Å². The molecule has 0 fully saturated rings. The molecule has 0 amide bonds. The third kappa shape index (κ3) is 6.96. The normalized spacial score (nSPS) is 10.9. The number of thiol groups is 1. The van der Waals surface area contributed by atoms with Crippen molar-refractivity contribution in [2.45, 2.75) is 45.1 Å². The summed E-state index contributed by atoms with van der Waals surface area (Å²) in [5, 5.41) is 2.55. The van der Waals surface area contributed by atoms with Crippen molar-refractivity contribution < 1.29 is 19.1 Å². The number of carbonyl (C=O) groups is 2. The molecule has 0 saturated carbocycles. The Hall–Kier alpha value is -1.01. The summed E-state index contributed by atoms with van der Waals surface area (Å²) in [6.07, 6.45) is 4.59. The van der Waals surface area contributed by atoms with Gasteiger partial charge in [-0.05, 0) is 12.8 Å². The highest BCUT2D eigenvalue weighted by Crippen LogP contribution is 2.21. The Morgan fingerprint density at radius 1 is 1.25 bits per heavy atom. The van der Waals surface area contributed by atoms with Crippen LogP contribution in [-0.4, -0.2) is 36.6 Å². The second kappa shape index (κ2) is 10.7. The van der Waals surface area contributed by atoms with Crippen LogP contribution in [0, 0.1) is 0 Å². The van der Waals surface area contributed by atoms with Crippen molar-refractivity contribution in [2.24, 2.45) is 0 Å². The van der Waals surface area contributed by atoms with Gasteiger partial charge in [0.25, 0.3) is 0 Å². The van der Waals surface area contributed by atoms with Gasteiger partial charge in [0, 0.05) is 6.54 Å². The number of rotatable bonds is 11. The Morgan fingerprint density at radius 2 is 1.85 bits per heavy atom. The van der Waals surface area contributed by atoms with Crippen LogP contribution < -0.4 is 5.32 Å². The molecule has 0 spiro atoms. The van der Waals surface area contributed by atoms with E-state index in [9.17, 15) is 9.59 Å². The number of nitrogens with one attached hydrogen (secondary N) is 1. The Balaban J connectivity index is 4.67. The molecular weight excluding hydrogens is 278 g/mol. The predicted octanol–water partition coefficient (Wildman–Crippen LogP) is 2.71. The molecular formula is C14H25NO4S. The molecule has 0 rings (SSSR count). The molecule has 0 aliphatic carbocycles. The van der Waals surface area contributed by atoms with Crippen LogP contribution >= 0.6 is 12.6 Å². The van der Waals surface area contributed by atoms with Crippen molar-refractivity contribution in [3.63, 3.8) is 0 Å². The molecule has 0 aromatic heterocycles. The van der Waals surface area contributed by atoms with E-state index in [1.54, 1.807) is 6.08 Å². The van der Waals surface area contributed by atoms with Crippen LogP contribution in [0.1, 0.15) is 39.5 Å². The van der Waals surface area contributed by atoms with Gasteiger partial charge in [0.2, 0.25) is 0 Å². The molecule has 0 unspecified atom stereocenters. The number of esters is 1. The van der Waals surface area contributed by atoms with Gasteiger partial charge in [0.05, 0.1) is 0 Å². The quantitative estimate of drug-likeness (QED) is 0.266. The first-order chi connectivity index (χ1) is 9.52. The molecule has 5 nitrogen and oxygen atoms in total. The Kier molecular flexibility index (Phi) is 10.2. The van der Waals surface area contributed by atoms with Gasteiger partial charge in [-0.15, -0.1) is 0 Å². The summed E-state index contributed by atoms with van der Waals surface area (Å²) in [6, 6.07) is 0. The van der Waals surface area contributed by atoms with Crippen molar-refractivity contribution >= 4 is 23.9 Å². The van der Waals surface area contributed by atoms with E-state index in [1.165, 1.54) is 0 Å². The van der Waals surface area contributed by atoms with Crippen LogP contribution in [0.5, 0.6) is 0 Å². The highest BCUT2D eigenvalue weighted by Gasteiger charge is 2.37. The van der Waals surface area contributed by atoms with Gasteiger partial charge in [-0.1, -0.05) is 52.0 Å².